The Kier molecular flexibility index (Phi) is 14.9. The normalized spacial score (nSPS) is 15.3. The highest BCUT2D eigenvalue weighted by molar-refractivity contribution is 7.37. The molecule has 2 heteroatoms. The van der Waals surface area contributed by atoms with E-state index in [9.17, 15) is 0 Å². The molecule has 2 unspecified atom stereocenters. The summed E-state index contributed by atoms with van der Waals surface area (Å²) in [5.41, 5.74) is 0. The Balaban J connectivity index is 0. The maximum Gasteiger partial charge on any atom is -0.0328 e. The Labute approximate surface area is 124 Å². The van der Waals surface area contributed by atoms with Crippen molar-refractivity contribution in [3.8, 4) is 0 Å². The molecule has 0 spiro atoms. The van der Waals surface area contributed by atoms with E-state index in [1.165, 1.54) is 46.6 Å². The summed E-state index contributed by atoms with van der Waals surface area (Å²) >= 11 is 0. The van der Waals surface area contributed by atoms with Crippen LogP contribution in [-0.4, -0.2) is 12.3 Å². The average Bonchev–Trinajstić information content (AvgIpc) is 2.23. The Morgan fingerprint density at radius 1 is 0.611 bits per heavy atom. The lowest BCUT2D eigenvalue weighted by atomic mass is 10.0. The number of hydrogen-bond donors (Lipinski definition) is 0. The molecule has 0 aromatic carbocycles. The van der Waals surface area contributed by atoms with Crippen molar-refractivity contribution in [1.29, 1.82) is 0 Å². The van der Waals surface area contributed by atoms with E-state index in [0.29, 0.717) is 0 Å². The van der Waals surface area contributed by atoms with Crippen molar-refractivity contribution < 1.29 is 0 Å². The van der Waals surface area contributed by atoms with Gasteiger partial charge in [-0.2, -0.15) is 0 Å². The van der Waals surface area contributed by atoms with Gasteiger partial charge >= 0.3 is 0 Å². The van der Waals surface area contributed by atoms with Crippen LogP contribution in [0.3, 0.4) is 0 Å². The smallest absolute Gasteiger partial charge is 0.0328 e. The van der Waals surface area contributed by atoms with Crippen molar-refractivity contribution in [3.63, 3.8) is 0 Å². The maximum absolute atomic E-state index is 2.44. The van der Waals surface area contributed by atoms with Gasteiger partial charge in [0.15, 0.2) is 0 Å². The Morgan fingerprint density at radius 2 is 0.944 bits per heavy atom. The molecule has 0 aliphatic carbocycles. The largest absolute Gasteiger partial charge is 0.147 e. The van der Waals surface area contributed by atoms with E-state index >= 15 is 0 Å². The minimum absolute atomic E-state index is 0. The van der Waals surface area contributed by atoms with Crippen LogP contribution < -0.4 is 0 Å². The van der Waals surface area contributed by atoms with E-state index in [1.54, 1.807) is 0 Å². The second kappa shape index (κ2) is 12.7. The summed E-state index contributed by atoms with van der Waals surface area (Å²) in [6.45, 7) is 14.2. The monoisotopic (exact) mass is 294 g/mol. The zero-order chi connectivity index (χ0) is 13.3. The lowest BCUT2D eigenvalue weighted by Crippen LogP contribution is -2.04. The fourth-order valence-corrected chi connectivity index (χ4v) is 3.58. The van der Waals surface area contributed by atoms with Crippen molar-refractivity contribution in [2.24, 2.45) is 23.7 Å². The van der Waals surface area contributed by atoms with Gasteiger partial charge in [-0.3, -0.25) is 0 Å². The molecule has 0 aliphatic heterocycles. The van der Waals surface area contributed by atoms with Gasteiger partial charge in [-0.15, -0.1) is 21.0 Å². The zero-order valence-corrected chi connectivity index (χ0v) is 15.3. The Hall–Kier alpha value is 0.720. The molecule has 0 saturated heterocycles. The van der Waals surface area contributed by atoms with Crippen LogP contribution in [0, 0.1) is 23.7 Å². The summed E-state index contributed by atoms with van der Waals surface area (Å²) in [6.07, 6.45) is 8.64. The van der Waals surface area contributed by atoms with Crippen molar-refractivity contribution in [2.45, 2.75) is 67.2 Å². The molecular formula is C16H36ClP. The van der Waals surface area contributed by atoms with Gasteiger partial charge in [0.05, 0.1) is 0 Å². The van der Waals surface area contributed by atoms with Gasteiger partial charge in [0.2, 0.25) is 0 Å². The number of rotatable bonds is 10. The highest BCUT2D eigenvalue weighted by Crippen LogP contribution is 2.25. The summed E-state index contributed by atoms with van der Waals surface area (Å²) in [6, 6.07) is 0. The quantitative estimate of drug-likeness (QED) is 0.419. The van der Waals surface area contributed by atoms with E-state index in [-0.39, 0.29) is 12.4 Å². The molecule has 112 valence electrons. The van der Waals surface area contributed by atoms with Crippen LogP contribution in [-0.2, 0) is 0 Å². The summed E-state index contributed by atoms with van der Waals surface area (Å²) in [4.78, 5) is 0. The number of halogens is 1. The minimum Gasteiger partial charge on any atom is -0.147 e. The van der Waals surface area contributed by atoms with Gasteiger partial charge in [-0.1, -0.05) is 67.2 Å². The molecule has 0 rings (SSSR count). The molecule has 0 bridgehead atoms. The molecule has 0 N–H and O–H groups in total. The molecule has 0 heterocycles. The van der Waals surface area contributed by atoms with Crippen molar-refractivity contribution in [1.82, 2.24) is 0 Å². The molecule has 0 nitrogen and oxygen atoms in total. The standard InChI is InChI=1S/C16H35P.ClH/c1-13(2)7-9-15(5)11-17-12-16(6)10-8-14(3)4;/h13-17H,7-12H2,1-6H3;1H. The molecule has 18 heavy (non-hydrogen) atoms. The van der Waals surface area contributed by atoms with Gasteiger partial charge in [-0.05, 0) is 36.0 Å². The molecule has 0 aromatic rings. The lowest BCUT2D eigenvalue weighted by Gasteiger charge is -2.16. The molecule has 0 amide bonds. The van der Waals surface area contributed by atoms with E-state index in [1.807, 2.05) is 0 Å². The Bertz CT molecular complexity index is 150. The van der Waals surface area contributed by atoms with Crippen LogP contribution in [0.15, 0.2) is 0 Å². The first-order chi connectivity index (χ1) is 7.91. The van der Waals surface area contributed by atoms with Gasteiger partial charge in [0.1, 0.15) is 0 Å². The van der Waals surface area contributed by atoms with Gasteiger partial charge in [0, 0.05) is 0 Å². The molecule has 0 aromatic heterocycles. The van der Waals surface area contributed by atoms with Crippen LogP contribution >= 0.6 is 21.0 Å². The summed E-state index contributed by atoms with van der Waals surface area (Å²) < 4.78 is 0. The van der Waals surface area contributed by atoms with Crippen molar-refractivity contribution in [2.75, 3.05) is 12.3 Å². The predicted octanol–water partition coefficient (Wildman–Crippen LogP) is 6.23. The predicted molar refractivity (Wildman–Crippen MR) is 91.8 cm³/mol. The molecule has 0 radical (unpaired) electrons. The second-order valence-electron chi connectivity index (χ2n) is 6.81. The molecule has 0 aliphatic rings. The van der Waals surface area contributed by atoms with E-state index < -0.39 is 0 Å². The van der Waals surface area contributed by atoms with Gasteiger partial charge in [-0.25, -0.2) is 0 Å². The Morgan fingerprint density at radius 3 is 1.22 bits per heavy atom. The maximum atomic E-state index is 2.44. The van der Waals surface area contributed by atoms with E-state index in [2.05, 4.69) is 41.5 Å². The first kappa shape index (κ1) is 21.0. The van der Waals surface area contributed by atoms with Crippen LogP contribution in [0.25, 0.3) is 0 Å². The van der Waals surface area contributed by atoms with Crippen LogP contribution in [0.4, 0.5) is 0 Å². The third-order valence-corrected chi connectivity index (χ3v) is 5.43. The SMILES string of the molecule is CC(C)CCC(C)CPCC(C)CCC(C)C.Cl. The second-order valence-corrected chi connectivity index (χ2v) is 8.13. The molecule has 2 atom stereocenters. The number of hydrogen-bond acceptors (Lipinski definition) is 0. The highest BCUT2D eigenvalue weighted by atomic mass is 35.5. The highest BCUT2D eigenvalue weighted by Gasteiger charge is 2.07. The molecule has 0 saturated carbocycles. The first-order valence-corrected chi connectivity index (χ1v) is 9.03. The third-order valence-electron chi connectivity index (χ3n) is 3.46. The topological polar surface area (TPSA) is 0 Å². The van der Waals surface area contributed by atoms with Gasteiger partial charge < -0.3 is 0 Å². The fraction of sp³-hybridized carbons (Fsp3) is 1.00. The van der Waals surface area contributed by atoms with Crippen LogP contribution in [0.2, 0.25) is 0 Å². The van der Waals surface area contributed by atoms with Crippen molar-refractivity contribution in [3.05, 3.63) is 0 Å². The fourth-order valence-electron chi connectivity index (χ4n) is 2.02. The summed E-state index contributed by atoms with van der Waals surface area (Å²) in [7, 11) is 1.20. The summed E-state index contributed by atoms with van der Waals surface area (Å²) in [5, 5.41) is 0. The summed E-state index contributed by atoms with van der Waals surface area (Å²) in [5.74, 6) is 3.66. The average molecular weight is 295 g/mol. The van der Waals surface area contributed by atoms with Crippen molar-refractivity contribution >= 4 is 21.0 Å². The van der Waals surface area contributed by atoms with Gasteiger partial charge in [0.25, 0.3) is 0 Å². The van der Waals surface area contributed by atoms with Crippen LogP contribution in [0.5, 0.6) is 0 Å². The van der Waals surface area contributed by atoms with E-state index in [4.69, 9.17) is 0 Å². The zero-order valence-electron chi connectivity index (χ0n) is 13.5. The first-order valence-electron chi connectivity index (χ1n) is 7.62. The van der Waals surface area contributed by atoms with Crippen LogP contribution in [0.1, 0.15) is 67.2 Å². The lowest BCUT2D eigenvalue weighted by molar-refractivity contribution is 0.473. The third kappa shape index (κ3) is 14.8. The molecule has 0 fully saturated rings. The minimum atomic E-state index is 0. The van der Waals surface area contributed by atoms with E-state index in [0.717, 1.165) is 23.7 Å². The molecular weight excluding hydrogens is 259 g/mol.